The Morgan fingerprint density at radius 2 is 1.83 bits per heavy atom. The van der Waals surface area contributed by atoms with Gasteiger partial charge in [0.25, 0.3) is 5.88 Å². The zero-order chi connectivity index (χ0) is 12.7. The molecular weight excluding hydrogens is 236 g/mol. The minimum Gasteiger partial charge on any atom is -0.478 e. The predicted molar refractivity (Wildman–Crippen MR) is 62.2 cm³/mol. The number of hydrogen-bond donors (Lipinski definition) is 2. The number of aromatic nitrogens is 1. The summed E-state index contributed by atoms with van der Waals surface area (Å²) in [7, 11) is 0. The lowest BCUT2D eigenvalue weighted by Crippen LogP contribution is -2.08. The highest BCUT2D eigenvalue weighted by molar-refractivity contribution is 5.93. The van der Waals surface area contributed by atoms with Crippen LogP contribution in [0.15, 0.2) is 30.3 Å². The van der Waals surface area contributed by atoms with Crippen molar-refractivity contribution >= 4 is 11.8 Å². The monoisotopic (exact) mass is 244 g/mol. The van der Waals surface area contributed by atoms with Crippen LogP contribution in [0.5, 0.6) is 23.1 Å². The Labute approximate surface area is 102 Å². The maximum atomic E-state index is 10.9. The number of carboxylic acids is 1. The minimum atomic E-state index is -1.16. The number of nitrogens with two attached hydrogens (primary N) is 1. The fraction of sp³-hybridized carbons (Fsp3) is 0. The van der Waals surface area contributed by atoms with Gasteiger partial charge in [-0.25, -0.2) is 4.79 Å². The van der Waals surface area contributed by atoms with Crippen molar-refractivity contribution < 1.29 is 19.4 Å². The van der Waals surface area contributed by atoms with Gasteiger partial charge in [-0.2, -0.15) is 4.98 Å². The Hall–Kier alpha value is -2.76. The Morgan fingerprint density at radius 1 is 1.17 bits per heavy atom. The van der Waals surface area contributed by atoms with E-state index >= 15 is 0 Å². The van der Waals surface area contributed by atoms with E-state index in [2.05, 4.69) is 4.98 Å². The molecule has 0 amide bonds. The molecule has 3 N–H and O–H groups in total. The minimum absolute atomic E-state index is 0.107. The number of aromatic carboxylic acids is 1. The van der Waals surface area contributed by atoms with E-state index in [-0.39, 0.29) is 23.0 Å². The zero-order valence-corrected chi connectivity index (χ0v) is 9.08. The average Bonchev–Trinajstić information content (AvgIpc) is 2.35. The van der Waals surface area contributed by atoms with Gasteiger partial charge in [-0.15, -0.1) is 0 Å². The first-order valence-corrected chi connectivity index (χ1v) is 5.13. The molecule has 0 spiro atoms. The Kier molecular flexibility index (Phi) is 2.09. The van der Waals surface area contributed by atoms with Crippen molar-refractivity contribution in [1.82, 2.24) is 4.98 Å². The number of anilines is 1. The number of pyridine rings is 1. The predicted octanol–water partition coefficient (Wildman–Crippen LogP) is 2.26. The van der Waals surface area contributed by atoms with Crippen LogP contribution in [-0.4, -0.2) is 16.1 Å². The maximum Gasteiger partial charge on any atom is 0.339 e. The van der Waals surface area contributed by atoms with Crippen LogP contribution in [-0.2, 0) is 0 Å². The van der Waals surface area contributed by atoms with Crippen molar-refractivity contribution in [3.05, 3.63) is 35.9 Å². The molecule has 0 fully saturated rings. The van der Waals surface area contributed by atoms with Gasteiger partial charge in [0.2, 0.25) is 0 Å². The lowest BCUT2D eigenvalue weighted by molar-refractivity contribution is 0.0697. The van der Waals surface area contributed by atoms with Crippen LogP contribution >= 0.6 is 0 Å². The second-order valence-corrected chi connectivity index (χ2v) is 3.68. The van der Waals surface area contributed by atoms with Gasteiger partial charge in [-0.05, 0) is 12.1 Å². The molecule has 1 aliphatic rings. The first kappa shape index (κ1) is 10.4. The van der Waals surface area contributed by atoms with E-state index in [0.29, 0.717) is 11.5 Å². The Balaban J connectivity index is 2.11. The van der Waals surface area contributed by atoms with Crippen LogP contribution in [0.1, 0.15) is 10.4 Å². The highest BCUT2D eigenvalue weighted by atomic mass is 16.6. The summed E-state index contributed by atoms with van der Waals surface area (Å²) < 4.78 is 11.0. The van der Waals surface area contributed by atoms with Gasteiger partial charge in [0.1, 0.15) is 11.4 Å². The van der Waals surface area contributed by atoms with E-state index in [1.807, 2.05) is 0 Å². The SMILES string of the molecule is Nc1nc2c(cc1C(=O)O)Oc1ccccc1O2. The normalized spacial score (nSPS) is 11.8. The van der Waals surface area contributed by atoms with Crippen molar-refractivity contribution in [3.8, 4) is 23.1 Å². The van der Waals surface area contributed by atoms with Crippen LogP contribution < -0.4 is 15.2 Å². The largest absolute Gasteiger partial charge is 0.478 e. The molecule has 2 aromatic rings. The standard InChI is InChI=1S/C12H8N2O4/c13-10-6(12(15)16)5-9-11(14-10)18-8-4-2-1-3-7(8)17-9/h1-5H,(H2,13,14)(H,15,16). The van der Waals surface area contributed by atoms with Gasteiger partial charge in [0.15, 0.2) is 17.2 Å². The van der Waals surface area contributed by atoms with Crippen LogP contribution in [0.3, 0.4) is 0 Å². The summed E-state index contributed by atoms with van der Waals surface area (Å²) in [5.41, 5.74) is 5.42. The van der Waals surface area contributed by atoms with E-state index in [1.54, 1.807) is 24.3 Å². The lowest BCUT2D eigenvalue weighted by atomic mass is 10.2. The van der Waals surface area contributed by atoms with Crippen LogP contribution in [0.2, 0.25) is 0 Å². The van der Waals surface area contributed by atoms with E-state index < -0.39 is 5.97 Å². The lowest BCUT2D eigenvalue weighted by Gasteiger charge is -2.19. The summed E-state index contributed by atoms with van der Waals surface area (Å²) in [6.07, 6.45) is 0. The molecule has 18 heavy (non-hydrogen) atoms. The molecule has 0 aliphatic carbocycles. The third-order valence-electron chi connectivity index (χ3n) is 2.49. The molecule has 6 nitrogen and oxygen atoms in total. The Bertz CT molecular complexity index is 655. The van der Waals surface area contributed by atoms with Gasteiger partial charge < -0.3 is 20.3 Å². The molecule has 0 bridgehead atoms. The highest BCUT2D eigenvalue weighted by Crippen LogP contribution is 2.44. The molecule has 1 aliphatic heterocycles. The van der Waals surface area contributed by atoms with Crippen LogP contribution in [0.4, 0.5) is 5.82 Å². The van der Waals surface area contributed by atoms with Crippen LogP contribution in [0, 0.1) is 0 Å². The topological polar surface area (TPSA) is 94.7 Å². The first-order chi connectivity index (χ1) is 8.65. The number of fused-ring (bicyclic) bond motifs is 2. The highest BCUT2D eigenvalue weighted by Gasteiger charge is 2.23. The summed E-state index contributed by atoms with van der Waals surface area (Å²) in [5.74, 6) is 0.152. The van der Waals surface area contributed by atoms with E-state index in [0.717, 1.165) is 0 Å². The summed E-state index contributed by atoms with van der Waals surface area (Å²) in [6, 6.07) is 8.32. The number of hydrogen-bond acceptors (Lipinski definition) is 5. The van der Waals surface area contributed by atoms with Gasteiger partial charge in [-0.3, -0.25) is 0 Å². The molecule has 0 saturated carbocycles. The van der Waals surface area contributed by atoms with Crippen molar-refractivity contribution in [2.45, 2.75) is 0 Å². The summed E-state index contributed by atoms with van der Waals surface area (Å²) >= 11 is 0. The number of nitrogen functional groups attached to an aromatic ring is 1. The molecule has 3 rings (SSSR count). The zero-order valence-electron chi connectivity index (χ0n) is 9.08. The smallest absolute Gasteiger partial charge is 0.339 e. The van der Waals surface area contributed by atoms with E-state index in [4.69, 9.17) is 20.3 Å². The molecule has 90 valence electrons. The molecule has 0 radical (unpaired) electrons. The van der Waals surface area contributed by atoms with Crippen molar-refractivity contribution in [1.29, 1.82) is 0 Å². The number of benzene rings is 1. The number of rotatable bonds is 1. The number of carbonyl (C=O) groups is 1. The third kappa shape index (κ3) is 1.51. The fourth-order valence-electron chi connectivity index (χ4n) is 1.65. The maximum absolute atomic E-state index is 10.9. The number of ether oxygens (including phenoxy) is 2. The van der Waals surface area contributed by atoms with Crippen molar-refractivity contribution in [2.75, 3.05) is 5.73 Å². The first-order valence-electron chi connectivity index (χ1n) is 5.13. The van der Waals surface area contributed by atoms with E-state index in [9.17, 15) is 4.79 Å². The summed E-state index contributed by atoms with van der Waals surface area (Å²) in [6.45, 7) is 0. The second-order valence-electron chi connectivity index (χ2n) is 3.68. The van der Waals surface area contributed by atoms with Gasteiger partial charge >= 0.3 is 5.97 Å². The second kappa shape index (κ2) is 3.63. The van der Waals surface area contributed by atoms with Gasteiger partial charge in [0, 0.05) is 6.07 Å². The molecule has 0 unspecified atom stereocenters. The van der Waals surface area contributed by atoms with E-state index in [1.165, 1.54) is 6.07 Å². The number of para-hydroxylation sites is 2. The van der Waals surface area contributed by atoms with Crippen molar-refractivity contribution in [3.63, 3.8) is 0 Å². The quantitative estimate of drug-likeness (QED) is 0.681. The molecular formula is C12H8N2O4. The molecule has 1 aromatic heterocycles. The molecule has 0 atom stereocenters. The van der Waals surface area contributed by atoms with Gasteiger partial charge in [0.05, 0.1) is 0 Å². The molecule has 2 heterocycles. The number of carboxylic acid groups (broad SMARTS) is 1. The van der Waals surface area contributed by atoms with Crippen molar-refractivity contribution in [2.24, 2.45) is 0 Å². The molecule has 0 saturated heterocycles. The summed E-state index contributed by atoms with van der Waals surface area (Å²) in [4.78, 5) is 14.8. The van der Waals surface area contributed by atoms with Crippen LogP contribution in [0.25, 0.3) is 0 Å². The number of nitrogens with zero attached hydrogens (tertiary/aromatic N) is 1. The average molecular weight is 244 g/mol. The van der Waals surface area contributed by atoms with Gasteiger partial charge in [-0.1, -0.05) is 12.1 Å². The fourth-order valence-corrected chi connectivity index (χ4v) is 1.65. The summed E-state index contributed by atoms with van der Waals surface area (Å²) in [5, 5.41) is 8.95. The molecule has 6 heteroatoms. The third-order valence-corrected chi connectivity index (χ3v) is 2.49. The Morgan fingerprint density at radius 3 is 2.50 bits per heavy atom. The molecule has 1 aromatic carbocycles.